The second-order valence-electron chi connectivity index (χ2n) is 6.33. The first kappa shape index (κ1) is 20.2. The van der Waals surface area contributed by atoms with E-state index in [2.05, 4.69) is 0 Å². The number of hydrogen-bond donors (Lipinski definition) is 0. The molecule has 3 rings (SSSR count). The molecule has 0 bridgehead atoms. The molecule has 0 aromatic heterocycles. The van der Waals surface area contributed by atoms with Crippen LogP contribution in [-0.4, -0.2) is 49.1 Å². The van der Waals surface area contributed by atoms with Gasteiger partial charge in [0.05, 0.1) is 18.0 Å². The van der Waals surface area contributed by atoms with Gasteiger partial charge in [0.2, 0.25) is 0 Å². The zero-order chi connectivity index (χ0) is 17.2. The maximum absolute atomic E-state index is 12.7. The number of ether oxygens (including phenoxy) is 1. The zero-order valence-electron chi connectivity index (χ0n) is 14.2. The molecule has 25 heavy (non-hydrogen) atoms. The Bertz CT molecular complexity index is 591. The van der Waals surface area contributed by atoms with Gasteiger partial charge in [0.15, 0.2) is 0 Å². The van der Waals surface area contributed by atoms with E-state index in [-0.39, 0.29) is 42.6 Å². The average Bonchev–Trinajstić information content (AvgIpc) is 3.18. The van der Waals surface area contributed by atoms with Crippen molar-refractivity contribution in [2.24, 2.45) is 5.92 Å². The maximum Gasteiger partial charge on any atom is 0.416 e. The van der Waals surface area contributed by atoms with Gasteiger partial charge in [0, 0.05) is 31.8 Å². The van der Waals surface area contributed by atoms with E-state index in [1.165, 1.54) is 12.1 Å². The Kier molecular flexibility index (Phi) is 6.84. The van der Waals surface area contributed by atoms with Crippen LogP contribution in [0.4, 0.5) is 13.2 Å². The van der Waals surface area contributed by atoms with Crippen molar-refractivity contribution >= 4 is 24.8 Å². The van der Waals surface area contributed by atoms with Crippen molar-refractivity contribution in [2.75, 3.05) is 13.1 Å². The SMILES string of the molecule is O=C(ON1CC[C@@H](Oc2cccc(C(F)(F)F)c2)C1)C1CCCC1.[Li]. The molecular weight excluding hydrogens is 330 g/mol. The average molecular weight is 350 g/mol. The third-order valence-corrected chi connectivity index (χ3v) is 4.48. The number of carbonyl (C=O) groups is 1. The summed E-state index contributed by atoms with van der Waals surface area (Å²) in [6.45, 7) is 0.900. The Labute approximate surface area is 156 Å². The van der Waals surface area contributed by atoms with Crippen LogP contribution >= 0.6 is 0 Å². The van der Waals surface area contributed by atoms with Gasteiger partial charge in [0.1, 0.15) is 11.9 Å². The normalized spacial score (nSPS) is 21.8. The van der Waals surface area contributed by atoms with Crippen molar-refractivity contribution in [3.05, 3.63) is 29.8 Å². The van der Waals surface area contributed by atoms with E-state index in [4.69, 9.17) is 9.57 Å². The van der Waals surface area contributed by atoms with Gasteiger partial charge in [-0.25, -0.2) is 0 Å². The Morgan fingerprint density at radius 1 is 1.16 bits per heavy atom. The third kappa shape index (κ3) is 5.40. The van der Waals surface area contributed by atoms with Crippen molar-refractivity contribution < 1.29 is 27.5 Å². The van der Waals surface area contributed by atoms with Gasteiger partial charge in [-0.3, -0.25) is 4.79 Å². The van der Waals surface area contributed by atoms with E-state index in [0.29, 0.717) is 19.5 Å². The van der Waals surface area contributed by atoms with Crippen LogP contribution in [0.1, 0.15) is 37.7 Å². The molecule has 1 radical (unpaired) electrons. The van der Waals surface area contributed by atoms with Crippen molar-refractivity contribution in [3.8, 4) is 5.75 Å². The van der Waals surface area contributed by atoms with Gasteiger partial charge in [-0.05, 0) is 31.0 Å². The first-order chi connectivity index (χ1) is 11.4. The van der Waals surface area contributed by atoms with Crippen LogP contribution in [0.5, 0.6) is 5.75 Å². The van der Waals surface area contributed by atoms with Crippen molar-refractivity contribution in [2.45, 2.75) is 44.4 Å². The molecule has 1 aliphatic carbocycles. The Morgan fingerprint density at radius 3 is 2.56 bits per heavy atom. The van der Waals surface area contributed by atoms with E-state index in [0.717, 1.165) is 37.8 Å². The fourth-order valence-corrected chi connectivity index (χ4v) is 3.18. The Balaban J connectivity index is 0.00000225. The van der Waals surface area contributed by atoms with Crippen LogP contribution in [0.3, 0.4) is 0 Å². The van der Waals surface area contributed by atoms with Crippen LogP contribution < -0.4 is 4.74 Å². The summed E-state index contributed by atoms with van der Waals surface area (Å²) >= 11 is 0. The summed E-state index contributed by atoms with van der Waals surface area (Å²) in [5, 5.41) is 1.55. The van der Waals surface area contributed by atoms with E-state index in [1.807, 2.05) is 0 Å². The predicted molar refractivity (Wildman–Crippen MR) is 85.9 cm³/mol. The number of hydrogen-bond acceptors (Lipinski definition) is 4. The van der Waals surface area contributed by atoms with Crippen LogP contribution in [0, 0.1) is 5.92 Å². The number of halogens is 3. The molecule has 0 amide bonds. The predicted octanol–water partition coefficient (Wildman–Crippen LogP) is 3.43. The van der Waals surface area contributed by atoms with Crippen molar-refractivity contribution in [3.63, 3.8) is 0 Å². The zero-order valence-corrected chi connectivity index (χ0v) is 14.2. The molecule has 0 spiro atoms. The van der Waals surface area contributed by atoms with Gasteiger partial charge >= 0.3 is 12.1 Å². The fourth-order valence-electron chi connectivity index (χ4n) is 3.18. The maximum atomic E-state index is 12.7. The molecule has 1 aliphatic heterocycles. The Morgan fingerprint density at radius 2 is 1.88 bits per heavy atom. The fraction of sp³-hybridized carbons (Fsp3) is 0.588. The quantitative estimate of drug-likeness (QED) is 0.780. The summed E-state index contributed by atoms with van der Waals surface area (Å²) in [6, 6.07) is 4.83. The smallest absolute Gasteiger partial charge is 0.416 e. The minimum Gasteiger partial charge on any atom is -0.489 e. The number of hydroxylamine groups is 2. The van der Waals surface area contributed by atoms with E-state index in [1.54, 1.807) is 5.06 Å². The van der Waals surface area contributed by atoms with Crippen LogP contribution in [0.2, 0.25) is 0 Å². The van der Waals surface area contributed by atoms with Crippen molar-refractivity contribution in [1.29, 1.82) is 0 Å². The number of nitrogens with zero attached hydrogens (tertiary/aromatic N) is 1. The molecule has 0 unspecified atom stereocenters. The monoisotopic (exact) mass is 350 g/mol. The molecular formula is C17H20F3LiNO3. The van der Waals surface area contributed by atoms with E-state index in [9.17, 15) is 18.0 Å². The molecule has 1 aromatic rings. The second kappa shape index (κ2) is 8.48. The van der Waals surface area contributed by atoms with E-state index >= 15 is 0 Å². The van der Waals surface area contributed by atoms with Gasteiger partial charge in [-0.1, -0.05) is 18.9 Å². The molecule has 1 saturated heterocycles. The van der Waals surface area contributed by atoms with Crippen LogP contribution in [-0.2, 0) is 15.8 Å². The first-order valence-electron chi connectivity index (χ1n) is 8.22. The molecule has 1 aromatic carbocycles. The topological polar surface area (TPSA) is 38.8 Å². The molecule has 1 saturated carbocycles. The molecule has 4 nitrogen and oxygen atoms in total. The van der Waals surface area contributed by atoms with Crippen molar-refractivity contribution in [1.82, 2.24) is 5.06 Å². The molecule has 133 valence electrons. The minimum absolute atomic E-state index is 0. The molecule has 0 N–H and O–H groups in total. The molecule has 8 heteroatoms. The molecule has 1 heterocycles. The summed E-state index contributed by atoms with van der Waals surface area (Å²) in [7, 11) is 0. The number of carbonyl (C=O) groups excluding carboxylic acids is 1. The summed E-state index contributed by atoms with van der Waals surface area (Å²) in [4.78, 5) is 17.4. The standard InChI is InChI=1S/C17H20F3NO3.Li/c18-17(19,20)13-6-3-7-14(10-13)23-15-8-9-21(11-15)24-16(22)12-4-1-2-5-12;/h3,6-7,10,12,15H,1-2,4-5,8-9,11H2;/t15-;/m1./s1. The van der Waals surface area contributed by atoms with E-state index < -0.39 is 11.7 Å². The summed E-state index contributed by atoms with van der Waals surface area (Å²) in [5.74, 6) is -0.0422. The first-order valence-corrected chi connectivity index (χ1v) is 8.22. The molecule has 1 atom stereocenters. The number of benzene rings is 1. The second-order valence-corrected chi connectivity index (χ2v) is 6.33. The summed E-state index contributed by atoms with van der Waals surface area (Å²) < 4.78 is 43.8. The molecule has 2 aliphatic rings. The van der Waals surface area contributed by atoms with Gasteiger partial charge < -0.3 is 9.57 Å². The van der Waals surface area contributed by atoms with Crippen LogP contribution in [0.25, 0.3) is 0 Å². The third-order valence-electron chi connectivity index (χ3n) is 4.48. The Hall–Kier alpha value is -1.16. The summed E-state index contributed by atoms with van der Waals surface area (Å²) in [6.07, 6.45) is -0.216. The van der Waals surface area contributed by atoms with Gasteiger partial charge in [0.25, 0.3) is 0 Å². The minimum atomic E-state index is -4.39. The molecule has 2 fully saturated rings. The summed E-state index contributed by atoms with van der Waals surface area (Å²) in [5.41, 5.74) is -0.734. The number of rotatable bonds is 4. The van der Waals surface area contributed by atoms with Crippen LogP contribution in [0.15, 0.2) is 24.3 Å². The largest absolute Gasteiger partial charge is 0.489 e. The number of alkyl halides is 3. The van der Waals surface area contributed by atoms with Gasteiger partial charge in [-0.2, -0.15) is 13.2 Å². The van der Waals surface area contributed by atoms with Gasteiger partial charge in [-0.15, -0.1) is 5.06 Å².